The summed E-state index contributed by atoms with van der Waals surface area (Å²) in [6, 6.07) is 18.7. The fraction of sp³-hybridized carbons (Fsp3) is 0.0455. The van der Waals surface area contributed by atoms with Crippen LogP contribution in [0.15, 0.2) is 73.2 Å². The molecule has 0 aliphatic heterocycles. The second-order valence-corrected chi connectivity index (χ2v) is 7.96. The Bertz CT molecular complexity index is 1330. The van der Waals surface area contributed by atoms with E-state index in [0.29, 0.717) is 6.54 Å². The van der Waals surface area contributed by atoms with Crippen LogP contribution in [0.1, 0.15) is 5.56 Å². The fourth-order valence-electron chi connectivity index (χ4n) is 3.32. The molecule has 29 heavy (non-hydrogen) atoms. The van der Waals surface area contributed by atoms with Crippen LogP contribution < -0.4 is 5.32 Å². The van der Waals surface area contributed by atoms with Crippen LogP contribution in [0.3, 0.4) is 0 Å². The molecule has 5 aromatic rings. The average Bonchev–Trinajstić information content (AvgIpc) is 3.12. The summed E-state index contributed by atoms with van der Waals surface area (Å²) >= 11 is 2.29. The molecule has 0 aliphatic rings. The Kier molecular flexibility index (Phi) is 4.59. The van der Waals surface area contributed by atoms with Gasteiger partial charge in [0.15, 0.2) is 0 Å². The molecule has 0 radical (unpaired) electrons. The molecule has 0 aliphatic carbocycles. The first kappa shape index (κ1) is 18.0. The van der Waals surface area contributed by atoms with E-state index in [9.17, 15) is 4.39 Å². The highest BCUT2D eigenvalue weighted by Crippen LogP contribution is 2.27. The zero-order valence-electron chi connectivity index (χ0n) is 15.2. The molecule has 3 aromatic carbocycles. The minimum atomic E-state index is -0.235. The Morgan fingerprint density at radius 3 is 2.69 bits per heavy atom. The normalized spacial score (nSPS) is 11.2. The number of hydrogen-bond acceptors (Lipinski definition) is 4. The third-order valence-corrected chi connectivity index (χ3v) is 5.42. The summed E-state index contributed by atoms with van der Waals surface area (Å²) in [6.45, 7) is 0.589. The van der Waals surface area contributed by atoms with E-state index in [1.807, 2.05) is 41.2 Å². The van der Waals surface area contributed by atoms with Gasteiger partial charge >= 0.3 is 0 Å². The minimum absolute atomic E-state index is 0.235. The zero-order chi connectivity index (χ0) is 19.8. The average molecular weight is 495 g/mol. The number of nitrogens with zero attached hydrogens (tertiary/aromatic N) is 4. The molecule has 0 bridgehead atoms. The Balaban J connectivity index is 1.45. The predicted molar refractivity (Wildman–Crippen MR) is 121 cm³/mol. The molecule has 0 atom stereocenters. The van der Waals surface area contributed by atoms with Gasteiger partial charge in [0.05, 0.1) is 23.8 Å². The van der Waals surface area contributed by atoms with Gasteiger partial charge in [-0.15, -0.1) is 0 Å². The van der Waals surface area contributed by atoms with Gasteiger partial charge in [0.2, 0.25) is 0 Å². The Morgan fingerprint density at radius 1 is 0.966 bits per heavy atom. The lowest BCUT2D eigenvalue weighted by Gasteiger charge is -2.09. The lowest BCUT2D eigenvalue weighted by Crippen LogP contribution is -2.01. The number of aromatic nitrogens is 4. The van der Waals surface area contributed by atoms with Crippen LogP contribution in [0, 0.1) is 9.39 Å². The van der Waals surface area contributed by atoms with Gasteiger partial charge in [-0.25, -0.2) is 14.4 Å². The van der Waals surface area contributed by atoms with Crippen molar-refractivity contribution in [3.63, 3.8) is 0 Å². The number of halogens is 2. The maximum absolute atomic E-state index is 13.1. The highest BCUT2D eigenvalue weighted by atomic mass is 127. The predicted octanol–water partition coefficient (Wildman–Crippen LogP) is 5.52. The van der Waals surface area contributed by atoms with Gasteiger partial charge in [-0.2, -0.15) is 5.10 Å². The summed E-state index contributed by atoms with van der Waals surface area (Å²) in [5.74, 6) is 0.535. The van der Waals surface area contributed by atoms with Crippen LogP contribution in [0.2, 0.25) is 0 Å². The second-order valence-electron chi connectivity index (χ2n) is 6.71. The summed E-state index contributed by atoms with van der Waals surface area (Å²) in [6.07, 6.45) is 3.40. The van der Waals surface area contributed by atoms with Crippen molar-refractivity contribution in [1.82, 2.24) is 19.7 Å². The Hall–Kier alpha value is -3.07. The summed E-state index contributed by atoms with van der Waals surface area (Å²) in [5, 5.41) is 9.89. The van der Waals surface area contributed by atoms with Gasteiger partial charge in [0.25, 0.3) is 0 Å². The van der Waals surface area contributed by atoms with Crippen molar-refractivity contribution in [1.29, 1.82) is 0 Å². The first-order chi connectivity index (χ1) is 14.2. The molecule has 0 unspecified atom stereocenters. The van der Waals surface area contributed by atoms with Crippen molar-refractivity contribution in [2.45, 2.75) is 6.54 Å². The van der Waals surface area contributed by atoms with Crippen LogP contribution >= 0.6 is 22.6 Å². The van der Waals surface area contributed by atoms with Crippen molar-refractivity contribution in [3.05, 3.63) is 88.1 Å². The molecule has 5 nitrogen and oxygen atoms in total. The second kappa shape index (κ2) is 7.40. The molecule has 0 amide bonds. The van der Waals surface area contributed by atoms with E-state index >= 15 is 0 Å². The molecular formula is C22H15FIN5. The van der Waals surface area contributed by atoms with E-state index in [1.165, 1.54) is 12.1 Å². The maximum atomic E-state index is 13.1. The number of hydrogen-bond donors (Lipinski definition) is 1. The largest absolute Gasteiger partial charge is 0.340 e. The van der Waals surface area contributed by atoms with Gasteiger partial charge in [-0.3, -0.25) is 4.68 Å². The van der Waals surface area contributed by atoms with Gasteiger partial charge in [0, 0.05) is 20.0 Å². The highest BCUT2D eigenvalue weighted by Gasteiger charge is 2.08. The van der Waals surface area contributed by atoms with Crippen LogP contribution in [-0.4, -0.2) is 19.7 Å². The molecule has 0 saturated carbocycles. The van der Waals surface area contributed by atoms with E-state index in [-0.39, 0.29) is 5.82 Å². The van der Waals surface area contributed by atoms with Crippen molar-refractivity contribution in [2.75, 3.05) is 5.32 Å². The first-order valence-electron chi connectivity index (χ1n) is 9.03. The summed E-state index contributed by atoms with van der Waals surface area (Å²) in [5.41, 5.74) is 3.84. The number of benzene rings is 3. The third kappa shape index (κ3) is 3.65. The summed E-state index contributed by atoms with van der Waals surface area (Å²) in [7, 11) is 0. The Labute approximate surface area is 179 Å². The molecule has 0 saturated heterocycles. The number of rotatable bonds is 4. The number of fused-ring (bicyclic) bond motifs is 2. The van der Waals surface area contributed by atoms with Crippen molar-refractivity contribution >= 4 is 55.9 Å². The SMILES string of the molecule is Fc1ccc(Cn2ncc3cc(Nc4ncnc5ccc(I)cc45)ccc32)cc1. The van der Waals surface area contributed by atoms with Gasteiger partial charge < -0.3 is 5.32 Å². The lowest BCUT2D eigenvalue weighted by molar-refractivity contribution is 0.625. The topological polar surface area (TPSA) is 55.6 Å². The fourth-order valence-corrected chi connectivity index (χ4v) is 3.81. The number of nitrogens with one attached hydrogen (secondary N) is 1. The standard InChI is InChI=1S/C22H15FIN5/c23-16-3-1-14(2-4-16)12-29-21-8-6-18(9-15(21)11-27-29)28-22-19-10-17(24)5-7-20(19)25-13-26-22/h1-11,13H,12H2,(H,25,26,28). The van der Waals surface area contributed by atoms with E-state index in [2.05, 4.69) is 49.0 Å². The van der Waals surface area contributed by atoms with E-state index in [0.717, 1.165) is 42.4 Å². The van der Waals surface area contributed by atoms with Crippen LogP contribution in [0.5, 0.6) is 0 Å². The Morgan fingerprint density at radius 2 is 1.83 bits per heavy atom. The van der Waals surface area contributed by atoms with Gasteiger partial charge in [0.1, 0.15) is 18.0 Å². The first-order valence-corrected chi connectivity index (χ1v) is 10.1. The monoisotopic (exact) mass is 495 g/mol. The zero-order valence-corrected chi connectivity index (χ0v) is 17.3. The van der Waals surface area contributed by atoms with Gasteiger partial charge in [-0.05, 0) is 76.7 Å². The van der Waals surface area contributed by atoms with E-state index in [4.69, 9.17) is 0 Å². The van der Waals surface area contributed by atoms with Crippen molar-refractivity contribution in [3.8, 4) is 0 Å². The van der Waals surface area contributed by atoms with Crippen LogP contribution in [-0.2, 0) is 6.54 Å². The van der Waals surface area contributed by atoms with Crippen LogP contribution in [0.25, 0.3) is 21.8 Å². The van der Waals surface area contributed by atoms with E-state index < -0.39 is 0 Å². The third-order valence-electron chi connectivity index (χ3n) is 4.75. The summed E-state index contributed by atoms with van der Waals surface area (Å²) in [4.78, 5) is 8.75. The smallest absolute Gasteiger partial charge is 0.141 e. The molecule has 0 spiro atoms. The minimum Gasteiger partial charge on any atom is -0.340 e. The molecular weight excluding hydrogens is 480 g/mol. The van der Waals surface area contributed by atoms with Crippen molar-refractivity contribution in [2.24, 2.45) is 0 Å². The summed E-state index contributed by atoms with van der Waals surface area (Å²) < 4.78 is 16.2. The maximum Gasteiger partial charge on any atom is 0.141 e. The highest BCUT2D eigenvalue weighted by molar-refractivity contribution is 14.1. The molecule has 2 heterocycles. The van der Waals surface area contributed by atoms with Gasteiger partial charge in [-0.1, -0.05) is 12.1 Å². The lowest BCUT2D eigenvalue weighted by atomic mass is 10.2. The molecule has 1 N–H and O–H groups in total. The molecule has 0 fully saturated rings. The van der Waals surface area contributed by atoms with Crippen LogP contribution in [0.4, 0.5) is 15.9 Å². The molecule has 7 heteroatoms. The molecule has 142 valence electrons. The van der Waals surface area contributed by atoms with E-state index in [1.54, 1.807) is 18.5 Å². The number of anilines is 2. The van der Waals surface area contributed by atoms with Crippen molar-refractivity contribution < 1.29 is 4.39 Å². The molecule has 2 aromatic heterocycles. The quantitative estimate of drug-likeness (QED) is 0.334. The molecule has 5 rings (SSSR count).